The molecule has 0 fully saturated rings. The van der Waals surface area contributed by atoms with E-state index in [1.165, 1.54) is 11.3 Å². The number of ether oxygens (including phenoxy) is 1. The molecule has 1 aromatic heterocycles. The van der Waals surface area contributed by atoms with Crippen LogP contribution in [-0.2, 0) is 0 Å². The highest BCUT2D eigenvalue weighted by molar-refractivity contribution is 7.22. The fraction of sp³-hybridized carbons (Fsp3) is 0.125. The van der Waals surface area contributed by atoms with Crippen LogP contribution in [0.25, 0.3) is 10.2 Å². The molecule has 0 bridgehead atoms. The topological polar surface area (TPSA) is 51.2 Å². The standard InChI is InChI=1S/C16H13ClN2O2S/c1-9-3-5-11(12(17)7-9)15(20)19-16-18-13-6-4-10(21-2)8-14(13)22-16/h3-8H,1-2H3,(H,18,19,20). The molecule has 6 heteroatoms. The number of thiazole rings is 1. The summed E-state index contributed by atoms with van der Waals surface area (Å²) in [6.45, 7) is 1.93. The Hall–Kier alpha value is -2.11. The molecule has 0 radical (unpaired) electrons. The van der Waals surface area contributed by atoms with E-state index in [9.17, 15) is 4.79 Å². The van der Waals surface area contributed by atoms with Crippen molar-refractivity contribution < 1.29 is 9.53 Å². The summed E-state index contributed by atoms with van der Waals surface area (Å²) in [5.41, 5.74) is 2.26. The van der Waals surface area contributed by atoms with Gasteiger partial charge in [-0.05, 0) is 42.8 Å². The molecule has 3 aromatic rings. The largest absolute Gasteiger partial charge is 0.497 e. The van der Waals surface area contributed by atoms with Crippen LogP contribution in [0.5, 0.6) is 5.75 Å². The zero-order valence-electron chi connectivity index (χ0n) is 12.0. The average molecular weight is 333 g/mol. The molecular weight excluding hydrogens is 320 g/mol. The molecule has 3 rings (SSSR count). The number of hydrogen-bond acceptors (Lipinski definition) is 4. The van der Waals surface area contributed by atoms with Crippen LogP contribution in [0, 0.1) is 6.92 Å². The maximum Gasteiger partial charge on any atom is 0.258 e. The Kier molecular flexibility index (Phi) is 4.00. The number of rotatable bonds is 3. The first kappa shape index (κ1) is 14.8. The minimum absolute atomic E-state index is 0.268. The number of carbonyl (C=O) groups excluding carboxylic acids is 1. The number of amides is 1. The van der Waals surface area contributed by atoms with E-state index in [4.69, 9.17) is 16.3 Å². The SMILES string of the molecule is COc1ccc2nc(NC(=O)c3ccc(C)cc3Cl)sc2c1. The lowest BCUT2D eigenvalue weighted by Crippen LogP contribution is -2.12. The van der Waals surface area contributed by atoms with Crippen molar-refractivity contribution >= 4 is 44.2 Å². The van der Waals surface area contributed by atoms with Crippen LogP contribution in [0.4, 0.5) is 5.13 Å². The van der Waals surface area contributed by atoms with Crippen molar-refractivity contribution in [2.24, 2.45) is 0 Å². The number of aryl methyl sites for hydroxylation is 1. The Morgan fingerprint density at radius 2 is 2.09 bits per heavy atom. The highest BCUT2D eigenvalue weighted by Gasteiger charge is 2.13. The van der Waals surface area contributed by atoms with Gasteiger partial charge >= 0.3 is 0 Å². The van der Waals surface area contributed by atoms with Crippen LogP contribution in [0.2, 0.25) is 5.02 Å². The molecule has 112 valence electrons. The van der Waals surface area contributed by atoms with Gasteiger partial charge < -0.3 is 4.74 Å². The summed E-state index contributed by atoms with van der Waals surface area (Å²) >= 11 is 7.51. The minimum Gasteiger partial charge on any atom is -0.497 e. The van der Waals surface area contributed by atoms with Crippen LogP contribution in [0.1, 0.15) is 15.9 Å². The van der Waals surface area contributed by atoms with Gasteiger partial charge in [-0.15, -0.1) is 0 Å². The molecule has 4 nitrogen and oxygen atoms in total. The highest BCUT2D eigenvalue weighted by atomic mass is 35.5. The maximum atomic E-state index is 12.3. The summed E-state index contributed by atoms with van der Waals surface area (Å²) in [4.78, 5) is 16.7. The summed E-state index contributed by atoms with van der Waals surface area (Å²) in [6.07, 6.45) is 0. The number of benzene rings is 2. The molecule has 0 unspecified atom stereocenters. The van der Waals surface area contributed by atoms with Crippen LogP contribution >= 0.6 is 22.9 Å². The molecule has 1 amide bonds. The molecule has 0 aliphatic heterocycles. The number of anilines is 1. The van der Waals surface area contributed by atoms with E-state index in [2.05, 4.69) is 10.3 Å². The zero-order valence-corrected chi connectivity index (χ0v) is 13.6. The predicted molar refractivity (Wildman–Crippen MR) is 90.3 cm³/mol. The first-order chi connectivity index (χ1) is 10.6. The molecular formula is C16H13ClN2O2S. The molecule has 1 N–H and O–H groups in total. The quantitative estimate of drug-likeness (QED) is 0.767. The third kappa shape index (κ3) is 2.91. The lowest BCUT2D eigenvalue weighted by molar-refractivity contribution is 0.102. The van der Waals surface area contributed by atoms with E-state index < -0.39 is 0 Å². The van der Waals surface area contributed by atoms with Crippen LogP contribution in [0.15, 0.2) is 36.4 Å². The number of fused-ring (bicyclic) bond motifs is 1. The van der Waals surface area contributed by atoms with E-state index in [0.29, 0.717) is 15.7 Å². The van der Waals surface area contributed by atoms with E-state index in [1.807, 2.05) is 31.2 Å². The third-order valence-electron chi connectivity index (χ3n) is 3.19. The highest BCUT2D eigenvalue weighted by Crippen LogP contribution is 2.29. The smallest absolute Gasteiger partial charge is 0.258 e. The number of aromatic nitrogens is 1. The van der Waals surface area contributed by atoms with Gasteiger partial charge in [0, 0.05) is 0 Å². The molecule has 0 saturated carbocycles. The van der Waals surface area contributed by atoms with Gasteiger partial charge in [-0.25, -0.2) is 4.98 Å². The summed E-state index contributed by atoms with van der Waals surface area (Å²) in [7, 11) is 1.62. The monoisotopic (exact) mass is 332 g/mol. The van der Waals surface area contributed by atoms with Gasteiger partial charge in [-0.3, -0.25) is 10.1 Å². The van der Waals surface area contributed by atoms with E-state index >= 15 is 0 Å². The van der Waals surface area contributed by atoms with Gasteiger partial charge in [-0.2, -0.15) is 0 Å². The fourth-order valence-corrected chi connectivity index (χ4v) is 3.26. The first-order valence-corrected chi connectivity index (χ1v) is 7.78. The lowest BCUT2D eigenvalue weighted by Gasteiger charge is -2.04. The Labute approximate surface area is 136 Å². The summed E-state index contributed by atoms with van der Waals surface area (Å²) < 4.78 is 6.13. The Morgan fingerprint density at radius 1 is 1.27 bits per heavy atom. The number of carbonyl (C=O) groups is 1. The molecule has 2 aromatic carbocycles. The number of hydrogen-bond donors (Lipinski definition) is 1. The number of nitrogens with zero attached hydrogens (tertiary/aromatic N) is 1. The minimum atomic E-state index is -0.268. The van der Waals surface area contributed by atoms with Crippen molar-refractivity contribution in [1.82, 2.24) is 4.98 Å². The van der Waals surface area contributed by atoms with Gasteiger partial charge in [0.2, 0.25) is 0 Å². The molecule has 0 atom stereocenters. The van der Waals surface area contributed by atoms with E-state index in [1.54, 1.807) is 19.2 Å². The van der Waals surface area contributed by atoms with Gasteiger partial charge in [0.25, 0.3) is 5.91 Å². The van der Waals surface area contributed by atoms with Crippen molar-refractivity contribution in [2.75, 3.05) is 12.4 Å². The summed E-state index contributed by atoms with van der Waals surface area (Å²) in [5, 5.41) is 3.75. The molecule has 0 saturated heterocycles. The summed E-state index contributed by atoms with van der Waals surface area (Å²) in [6, 6.07) is 10.9. The maximum absolute atomic E-state index is 12.3. The molecule has 0 aliphatic carbocycles. The number of methoxy groups -OCH3 is 1. The molecule has 22 heavy (non-hydrogen) atoms. The second kappa shape index (κ2) is 5.94. The molecule has 0 spiro atoms. The number of halogens is 1. The normalized spacial score (nSPS) is 10.7. The Bertz CT molecular complexity index is 860. The second-order valence-corrected chi connectivity index (χ2v) is 6.23. The van der Waals surface area contributed by atoms with Gasteiger partial charge in [-0.1, -0.05) is 29.0 Å². The summed E-state index contributed by atoms with van der Waals surface area (Å²) in [5.74, 6) is 0.492. The van der Waals surface area contributed by atoms with Crippen molar-refractivity contribution in [3.63, 3.8) is 0 Å². The van der Waals surface area contributed by atoms with Crippen molar-refractivity contribution in [2.45, 2.75) is 6.92 Å². The predicted octanol–water partition coefficient (Wildman–Crippen LogP) is 4.52. The fourth-order valence-electron chi connectivity index (χ4n) is 2.05. The van der Waals surface area contributed by atoms with E-state index in [0.717, 1.165) is 21.5 Å². The third-order valence-corrected chi connectivity index (χ3v) is 4.43. The molecule has 1 heterocycles. The van der Waals surface area contributed by atoms with Gasteiger partial charge in [0.1, 0.15) is 5.75 Å². The van der Waals surface area contributed by atoms with Crippen molar-refractivity contribution in [1.29, 1.82) is 0 Å². The number of nitrogens with one attached hydrogen (secondary N) is 1. The van der Waals surface area contributed by atoms with Crippen LogP contribution in [0.3, 0.4) is 0 Å². The zero-order chi connectivity index (χ0) is 15.7. The Balaban J connectivity index is 1.87. The first-order valence-electron chi connectivity index (χ1n) is 6.59. The van der Waals surface area contributed by atoms with Crippen molar-refractivity contribution in [3.05, 3.63) is 52.5 Å². The average Bonchev–Trinajstić information content (AvgIpc) is 2.87. The van der Waals surface area contributed by atoms with Crippen LogP contribution < -0.4 is 10.1 Å². The van der Waals surface area contributed by atoms with Crippen LogP contribution in [-0.4, -0.2) is 18.0 Å². The lowest BCUT2D eigenvalue weighted by atomic mass is 10.1. The second-order valence-electron chi connectivity index (χ2n) is 4.79. The molecule has 0 aliphatic rings. The van der Waals surface area contributed by atoms with Gasteiger partial charge in [0.15, 0.2) is 5.13 Å². The van der Waals surface area contributed by atoms with Gasteiger partial charge in [0.05, 0.1) is 27.9 Å². The Morgan fingerprint density at radius 3 is 2.82 bits per heavy atom. The van der Waals surface area contributed by atoms with Crippen molar-refractivity contribution in [3.8, 4) is 5.75 Å². The van der Waals surface area contributed by atoms with E-state index in [-0.39, 0.29) is 5.91 Å².